The van der Waals surface area contributed by atoms with Crippen molar-refractivity contribution in [2.24, 2.45) is 22.6 Å². The monoisotopic (exact) mass is 385 g/mol. The first kappa shape index (κ1) is 20.5. The van der Waals surface area contributed by atoms with Crippen LogP contribution < -0.4 is 16.0 Å². The number of nitrogens with two attached hydrogens (primary N) is 1. The molecule has 1 amide bonds. The SMILES string of the molecule is CN=C(NCc1ccc(N2CCC(C)CC2)cc1)N1CCCC(CC(N)=O)C1. The van der Waals surface area contributed by atoms with E-state index in [9.17, 15) is 4.79 Å². The molecule has 1 atom stereocenters. The maximum Gasteiger partial charge on any atom is 0.217 e. The van der Waals surface area contributed by atoms with Gasteiger partial charge in [-0.15, -0.1) is 0 Å². The topological polar surface area (TPSA) is 74.0 Å². The molecule has 0 radical (unpaired) electrons. The average molecular weight is 386 g/mol. The number of nitrogens with zero attached hydrogens (tertiary/aromatic N) is 3. The van der Waals surface area contributed by atoms with Gasteiger partial charge in [-0.2, -0.15) is 0 Å². The van der Waals surface area contributed by atoms with E-state index >= 15 is 0 Å². The Hall–Kier alpha value is -2.24. The molecule has 3 rings (SSSR count). The predicted octanol–water partition coefficient (Wildman–Crippen LogP) is 2.59. The molecule has 0 bridgehead atoms. The van der Waals surface area contributed by atoms with E-state index in [1.165, 1.54) is 24.1 Å². The number of likely N-dealkylation sites (tertiary alicyclic amines) is 1. The van der Waals surface area contributed by atoms with Crippen molar-refractivity contribution < 1.29 is 4.79 Å². The van der Waals surface area contributed by atoms with E-state index in [4.69, 9.17) is 5.73 Å². The number of nitrogens with one attached hydrogen (secondary N) is 1. The molecule has 154 valence electrons. The molecule has 0 saturated carbocycles. The molecule has 0 spiro atoms. The largest absolute Gasteiger partial charge is 0.372 e. The normalized spacial score (nSPS) is 21.6. The number of primary amides is 1. The van der Waals surface area contributed by atoms with Crippen molar-refractivity contribution in [1.82, 2.24) is 10.2 Å². The highest BCUT2D eigenvalue weighted by atomic mass is 16.1. The lowest BCUT2D eigenvalue weighted by Crippen LogP contribution is -2.46. The number of benzene rings is 1. The Morgan fingerprint density at radius 2 is 1.89 bits per heavy atom. The van der Waals surface area contributed by atoms with E-state index in [1.54, 1.807) is 0 Å². The molecule has 28 heavy (non-hydrogen) atoms. The molecule has 2 aliphatic rings. The molecule has 0 aliphatic carbocycles. The van der Waals surface area contributed by atoms with E-state index in [-0.39, 0.29) is 5.91 Å². The number of carbonyl (C=O) groups excluding carboxylic acids is 1. The minimum Gasteiger partial charge on any atom is -0.372 e. The number of hydrogen-bond acceptors (Lipinski definition) is 3. The van der Waals surface area contributed by atoms with Gasteiger partial charge in [0.15, 0.2) is 5.96 Å². The summed E-state index contributed by atoms with van der Waals surface area (Å²) in [5.74, 6) is 1.88. The Morgan fingerprint density at radius 1 is 1.18 bits per heavy atom. The molecule has 6 nitrogen and oxygen atoms in total. The summed E-state index contributed by atoms with van der Waals surface area (Å²) >= 11 is 0. The zero-order valence-corrected chi connectivity index (χ0v) is 17.4. The molecule has 1 unspecified atom stereocenters. The van der Waals surface area contributed by atoms with Crippen LogP contribution in [0.3, 0.4) is 0 Å². The van der Waals surface area contributed by atoms with Crippen molar-refractivity contribution in [2.75, 3.05) is 38.1 Å². The number of guanidine groups is 1. The maximum absolute atomic E-state index is 11.2. The van der Waals surface area contributed by atoms with Crippen LogP contribution in [0.25, 0.3) is 0 Å². The van der Waals surface area contributed by atoms with Crippen LogP contribution in [0.5, 0.6) is 0 Å². The van der Waals surface area contributed by atoms with Crippen molar-refractivity contribution in [3.05, 3.63) is 29.8 Å². The fourth-order valence-electron chi connectivity index (χ4n) is 4.31. The number of anilines is 1. The molecule has 6 heteroatoms. The second kappa shape index (κ2) is 9.80. The molecule has 2 heterocycles. The smallest absolute Gasteiger partial charge is 0.217 e. The van der Waals surface area contributed by atoms with Gasteiger partial charge in [0.1, 0.15) is 0 Å². The van der Waals surface area contributed by atoms with Gasteiger partial charge in [-0.3, -0.25) is 9.79 Å². The summed E-state index contributed by atoms with van der Waals surface area (Å²) in [5.41, 5.74) is 7.95. The van der Waals surface area contributed by atoms with Gasteiger partial charge in [0.25, 0.3) is 0 Å². The number of piperidine rings is 2. The first-order chi connectivity index (χ1) is 13.5. The fourth-order valence-corrected chi connectivity index (χ4v) is 4.31. The van der Waals surface area contributed by atoms with Gasteiger partial charge in [0.2, 0.25) is 5.91 Å². The molecule has 1 aromatic rings. The van der Waals surface area contributed by atoms with Crippen LogP contribution in [-0.4, -0.2) is 50.0 Å². The lowest BCUT2D eigenvalue weighted by molar-refractivity contribution is -0.119. The van der Waals surface area contributed by atoms with Crippen LogP contribution in [0.4, 0.5) is 5.69 Å². The second-order valence-corrected chi connectivity index (χ2v) is 8.36. The molecule has 0 aromatic heterocycles. The van der Waals surface area contributed by atoms with Gasteiger partial charge in [0.05, 0.1) is 0 Å². The first-order valence-corrected chi connectivity index (χ1v) is 10.6. The third-order valence-corrected chi connectivity index (χ3v) is 6.06. The highest BCUT2D eigenvalue weighted by molar-refractivity contribution is 5.80. The average Bonchev–Trinajstić information content (AvgIpc) is 2.69. The number of aliphatic imine (C=N–C) groups is 1. The molecular weight excluding hydrogens is 350 g/mol. The quantitative estimate of drug-likeness (QED) is 0.603. The Labute approximate surface area is 169 Å². The zero-order valence-electron chi connectivity index (χ0n) is 17.4. The summed E-state index contributed by atoms with van der Waals surface area (Å²) in [6.45, 7) is 7.23. The number of rotatable bonds is 5. The summed E-state index contributed by atoms with van der Waals surface area (Å²) < 4.78 is 0. The number of amides is 1. The molecular formula is C22H35N5O. The van der Waals surface area contributed by atoms with Crippen molar-refractivity contribution in [3.8, 4) is 0 Å². The van der Waals surface area contributed by atoms with E-state index in [0.717, 1.165) is 57.4 Å². The van der Waals surface area contributed by atoms with Crippen LogP contribution in [0, 0.1) is 11.8 Å². The lowest BCUT2D eigenvalue weighted by Gasteiger charge is -2.34. The molecule has 1 aromatic carbocycles. The minimum absolute atomic E-state index is 0.210. The van der Waals surface area contributed by atoms with Crippen LogP contribution in [-0.2, 0) is 11.3 Å². The van der Waals surface area contributed by atoms with Crippen molar-refractivity contribution in [3.63, 3.8) is 0 Å². The molecule has 2 fully saturated rings. The molecule has 3 N–H and O–H groups in total. The first-order valence-electron chi connectivity index (χ1n) is 10.6. The maximum atomic E-state index is 11.2. The van der Waals surface area contributed by atoms with E-state index in [0.29, 0.717) is 12.3 Å². The summed E-state index contributed by atoms with van der Waals surface area (Å²) in [6, 6.07) is 8.89. The van der Waals surface area contributed by atoms with Crippen LogP contribution >= 0.6 is 0 Å². The van der Waals surface area contributed by atoms with Gasteiger partial charge in [-0.25, -0.2) is 0 Å². The van der Waals surface area contributed by atoms with E-state index in [1.807, 2.05) is 7.05 Å². The van der Waals surface area contributed by atoms with Crippen LogP contribution in [0.15, 0.2) is 29.3 Å². The Bertz CT molecular complexity index is 664. The lowest BCUT2D eigenvalue weighted by atomic mass is 9.95. The van der Waals surface area contributed by atoms with Gasteiger partial charge >= 0.3 is 0 Å². The minimum atomic E-state index is -0.210. The van der Waals surface area contributed by atoms with Crippen LogP contribution in [0.2, 0.25) is 0 Å². The fraction of sp³-hybridized carbons (Fsp3) is 0.636. The second-order valence-electron chi connectivity index (χ2n) is 8.36. The van der Waals surface area contributed by atoms with Gasteiger partial charge in [0, 0.05) is 51.9 Å². The van der Waals surface area contributed by atoms with Crippen molar-refractivity contribution in [1.29, 1.82) is 0 Å². The summed E-state index contributed by atoms with van der Waals surface area (Å²) in [7, 11) is 1.82. The molecule has 2 aliphatic heterocycles. The van der Waals surface area contributed by atoms with E-state index in [2.05, 4.69) is 51.3 Å². The summed E-state index contributed by atoms with van der Waals surface area (Å²) in [5, 5.41) is 3.48. The molecule has 2 saturated heterocycles. The van der Waals surface area contributed by atoms with Gasteiger partial charge in [-0.05, 0) is 55.2 Å². The third kappa shape index (κ3) is 5.63. The van der Waals surface area contributed by atoms with Crippen LogP contribution in [0.1, 0.15) is 44.6 Å². The zero-order chi connectivity index (χ0) is 19.9. The Balaban J connectivity index is 1.51. The predicted molar refractivity (Wildman–Crippen MR) is 115 cm³/mol. The van der Waals surface area contributed by atoms with Gasteiger partial charge < -0.3 is 20.9 Å². The van der Waals surface area contributed by atoms with E-state index < -0.39 is 0 Å². The van der Waals surface area contributed by atoms with Crippen molar-refractivity contribution >= 4 is 17.6 Å². The standard InChI is InChI=1S/C22H35N5O/c1-17-9-12-26(13-10-17)20-7-5-18(6-8-20)15-25-22(24-2)27-11-3-4-19(16-27)14-21(23)28/h5-8,17,19H,3-4,9-16H2,1-2H3,(H2,23,28)(H,24,25). The number of carbonyl (C=O) groups is 1. The highest BCUT2D eigenvalue weighted by Gasteiger charge is 2.23. The third-order valence-electron chi connectivity index (χ3n) is 6.06. The summed E-state index contributed by atoms with van der Waals surface area (Å²) in [4.78, 5) is 20.4. The highest BCUT2D eigenvalue weighted by Crippen LogP contribution is 2.23. The Morgan fingerprint density at radius 3 is 2.54 bits per heavy atom. The van der Waals surface area contributed by atoms with Gasteiger partial charge in [-0.1, -0.05) is 19.1 Å². The van der Waals surface area contributed by atoms with Crippen molar-refractivity contribution in [2.45, 2.75) is 45.6 Å². The summed E-state index contributed by atoms with van der Waals surface area (Å²) in [6.07, 6.45) is 5.16. The number of hydrogen-bond donors (Lipinski definition) is 2. The Kier molecular flexibility index (Phi) is 7.18.